The predicted molar refractivity (Wildman–Crippen MR) is 262 cm³/mol. The molecular formula is C51H97N3O13. The molecule has 0 aromatic rings. The molecule has 0 saturated carbocycles. The molecule has 0 aromatic heterocycles. The molecule has 0 radical (unpaired) electrons. The minimum absolute atomic E-state index is 0.0276. The van der Waals surface area contributed by atoms with E-state index in [1.807, 2.05) is 33.8 Å². The molecule has 67 heavy (non-hydrogen) atoms. The molecule has 0 aliphatic carbocycles. The molecule has 0 bridgehead atoms. The molecule has 1 aliphatic heterocycles. The van der Waals surface area contributed by atoms with Gasteiger partial charge in [-0.3, -0.25) is 9.79 Å². The highest BCUT2D eigenvalue weighted by atomic mass is 16.5. The molecular weight excluding hydrogens is 863 g/mol. The van der Waals surface area contributed by atoms with Gasteiger partial charge in [0, 0.05) is 24.8 Å². The highest BCUT2D eigenvalue weighted by molar-refractivity contribution is 5.75. The summed E-state index contributed by atoms with van der Waals surface area (Å²) in [6.45, 7) is 11.7. The zero-order chi connectivity index (χ0) is 50.6. The van der Waals surface area contributed by atoms with Crippen LogP contribution in [0.15, 0.2) is 28.3 Å². The fourth-order valence-corrected chi connectivity index (χ4v) is 9.29. The molecule has 16 heteroatoms. The third kappa shape index (κ3) is 27.7. The van der Waals surface area contributed by atoms with Gasteiger partial charge in [0.05, 0.1) is 73.1 Å². The SMILES string of the molecule is CCCCC[C@@H]1C(=O)O[C@@H]([C@H](C)[C@H](O)CCCN=C(N)N)[C@H](C)/C=C(\C)CCCC[C@@H](O)C[C@@H](O)C[C@H](O)C[C@@H](O)C[C@H](O)[C@H](O)/C=C(\C)[C@H](O)CCC[C@H](O)CCC[C@H](O)CC[C@@H](C)[C@H]1O. The van der Waals surface area contributed by atoms with E-state index < -0.39 is 91.1 Å². The summed E-state index contributed by atoms with van der Waals surface area (Å²) in [6.07, 6.45) is 0.977. The monoisotopic (exact) mass is 960 g/mol. The number of carbonyl (C=O) groups excluding carboxylic acids is 1. The topological polar surface area (TPSA) is 313 Å². The van der Waals surface area contributed by atoms with Crippen molar-refractivity contribution in [3.8, 4) is 0 Å². The fourth-order valence-electron chi connectivity index (χ4n) is 9.29. The van der Waals surface area contributed by atoms with Gasteiger partial charge in [0.25, 0.3) is 0 Å². The highest BCUT2D eigenvalue weighted by Crippen LogP contribution is 2.31. The van der Waals surface area contributed by atoms with Crippen molar-refractivity contribution in [1.29, 1.82) is 0 Å². The second kappa shape index (κ2) is 35.0. The molecule has 0 fully saturated rings. The maximum absolute atomic E-state index is 14.2. The Labute approximate surface area is 402 Å². The maximum atomic E-state index is 14.2. The lowest BCUT2D eigenvalue weighted by atomic mass is 9.83. The molecule has 1 heterocycles. The van der Waals surface area contributed by atoms with Crippen molar-refractivity contribution in [2.75, 3.05) is 6.54 Å². The predicted octanol–water partition coefficient (Wildman–Crippen LogP) is 4.17. The lowest BCUT2D eigenvalue weighted by molar-refractivity contribution is -0.167. The summed E-state index contributed by atoms with van der Waals surface area (Å²) >= 11 is 0. The first-order valence-electron chi connectivity index (χ1n) is 25.7. The molecule has 0 saturated heterocycles. The first kappa shape index (κ1) is 62.8. The Hall–Kier alpha value is -2.22. The van der Waals surface area contributed by atoms with Gasteiger partial charge in [-0.15, -0.1) is 0 Å². The number of aliphatic imine (C=N–C) groups is 1. The Morgan fingerprint density at radius 2 is 1.28 bits per heavy atom. The molecule has 0 unspecified atom stereocenters. The highest BCUT2D eigenvalue weighted by Gasteiger charge is 2.37. The number of esters is 1. The van der Waals surface area contributed by atoms with Gasteiger partial charge in [-0.2, -0.15) is 0 Å². The first-order chi connectivity index (χ1) is 31.5. The van der Waals surface area contributed by atoms with Crippen LogP contribution in [0.1, 0.15) is 183 Å². The standard InChI is InChI=1S/C51H97N3O13/c1-7-8-9-20-43-48(65)33(3)23-24-38(56)18-12-17-37(55)19-13-21-44(61)34(4)27-46(63)47(64)31-42(60)30-41(59)29-40(58)28-39(57)16-11-10-15-32(2)26-35(5)49(67-50(43)66)36(6)45(62)22-14-25-54-51(52)53/h26-27,33,35-49,55-65H,7-25,28-31H2,1-6H3,(H4,52,53,54)/b32-26+,34-27+/t33-,35-,36-,37-,38+,39-,40-,41+,42-,43+,44-,45-,46-,47+,48-,49-/m1/s1. The number of guanidine groups is 1. The van der Waals surface area contributed by atoms with Crippen LogP contribution in [0.5, 0.6) is 0 Å². The number of rotatable bonds is 10. The number of nitrogens with two attached hydrogens (primary N) is 2. The number of hydrogen-bond acceptors (Lipinski definition) is 14. The van der Waals surface area contributed by atoms with E-state index in [0.29, 0.717) is 102 Å². The van der Waals surface area contributed by atoms with E-state index in [4.69, 9.17) is 16.2 Å². The van der Waals surface area contributed by atoms with E-state index in [2.05, 4.69) is 11.9 Å². The molecule has 0 aromatic carbocycles. The number of aliphatic hydroxyl groups is 11. The summed E-state index contributed by atoms with van der Waals surface area (Å²) in [5.74, 6) is -2.50. The molecule has 16 nitrogen and oxygen atoms in total. The second-order valence-corrected chi connectivity index (χ2v) is 20.3. The molecule has 1 aliphatic rings. The summed E-state index contributed by atoms with van der Waals surface area (Å²) < 4.78 is 6.35. The van der Waals surface area contributed by atoms with Gasteiger partial charge in [0.2, 0.25) is 0 Å². The Kier molecular flexibility index (Phi) is 32.8. The second-order valence-electron chi connectivity index (χ2n) is 20.3. The average Bonchev–Trinajstić information content (AvgIpc) is 3.24. The van der Waals surface area contributed by atoms with Crippen molar-refractivity contribution in [2.45, 2.75) is 256 Å². The average molecular weight is 960 g/mol. The smallest absolute Gasteiger partial charge is 0.311 e. The zero-order valence-corrected chi connectivity index (χ0v) is 42.0. The summed E-state index contributed by atoms with van der Waals surface area (Å²) in [7, 11) is 0. The van der Waals surface area contributed by atoms with E-state index in [1.54, 1.807) is 6.92 Å². The number of carbonyl (C=O) groups is 1. The molecule has 0 amide bonds. The van der Waals surface area contributed by atoms with Crippen molar-refractivity contribution >= 4 is 11.9 Å². The Bertz CT molecular complexity index is 1400. The maximum Gasteiger partial charge on any atom is 0.311 e. The lowest BCUT2D eigenvalue weighted by Crippen LogP contribution is -2.42. The molecule has 394 valence electrons. The minimum atomic E-state index is -1.38. The summed E-state index contributed by atoms with van der Waals surface area (Å²) in [5, 5.41) is 119. The molecule has 1 rings (SSSR count). The quantitative estimate of drug-likeness (QED) is 0.0481. The number of aliphatic hydroxyl groups excluding tert-OH is 11. The zero-order valence-electron chi connectivity index (χ0n) is 42.0. The van der Waals surface area contributed by atoms with Crippen LogP contribution in [-0.4, -0.2) is 148 Å². The third-order valence-electron chi connectivity index (χ3n) is 13.7. The van der Waals surface area contributed by atoms with Crippen molar-refractivity contribution in [2.24, 2.45) is 40.1 Å². The number of unbranched alkanes of at least 4 members (excludes halogenated alkanes) is 2. The Morgan fingerprint density at radius 3 is 1.90 bits per heavy atom. The number of hydrogen-bond donors (Lipinski definition) is 13. The molecule has 15 N–H and O–H groups in total. The van der Waals surface area contributed by atoms with E-state index in [1.165, 1.54) is 6.08 Å². The van der Waals surface area contributed by atoms with E-state index in [0.717, 1.165) is 31.3 Å². The van der Waals surface area contributed by atoms with Gasteiger partial charge in [-0.1, -0.05) is 71.1 Å². The first-order valence-corrected chi connectivity index (χ1v) is 25.7. The van der Waals surface area contributed by atoms with Crippen LogP contribution in [0.4, 0.5) is 0 Å². The number of allylic oxidation sites excluding steroid dienone is 1. The van der Waals surface area contributed by atoms with E-state index in [9.17, 15) is 61.0 Å². The fraction of sp³-hybridized carbons (Fsp3) is 0.882. The van der Waals surface area contributed by atoms with Crippen molar-refractivity contribution in [3.05, 3.63) is 23.3 Å². The van der Waals surface area contributed by atoms with Gasteiger partial charge in [0.1, 0.15) is 6.10 Å². The van der Waals surface area contributed by atoms with Crippen LogP contribution >= 0.6 is 0 Å². The van der Waals surface area contributed by atoms with Crippen LogP contribution in [0.3, 0.4) is 0 Å². The van der Waals surface area contributed by atoms with Crippen LogP contribution in [0, 0.1) is 23.7 Å². The van der Waals surface area contributed by atoms with Gasteiger partial charge in [0.15, 0.2) is 5.96 Å². The van der Waals surface area contributed by atoms with Crippen LogP contribution in [0.25, 0.3) is 0 Å². The van der Waals surface area contributed by atoms with Crippen molar-refractivity contribution in [3.63, 3.8) is 0 Å². The summed E-state index contributed by atoms with van der Waals surface area (Å²) in [6, 6.07) is 0. The Morgan fingerprint density at radius 1 is 0.716 bits per heavy atom. The van der Waals surface area contributed by atoms with Gasteiger partial charge >= 0.3 is 5.97 Å². The lowest BCUT2D eigenvalue weighted by Gasteiger charge is -2.34. The van der Waals surface area contributed by atoms with Crippen LogP contribution in [0.2, 0.25) is 0 Å². The third-order valence-corrected chi connectivity index (χ3v) is 13.7. The normalized spacial score (nSPS) is 36.3. The number of cyclic esters (lactones) is 1. The van der Waals surface area contributed by atoms with Crippen molar-refractivity contribution in [1.82, 2.24) is 0 Å². The van der Waals surface area contributed by atoms with Crippen LogP contribution in [-0.2, 0) is 9.53 Å². The molecule has 16 atom stereocenters. The van der Waals surface area contributed by atoms with Gasteiger partial charge < -0.3 is 72.4 Å². The Balaban J connectivity index is 3.31. The number of nitrogens with zero attached hydrogens (tertiary/aromatic N) is 1. The largest absolute Gasteiger partial charge is 0.461 e. The summed E-state index contributed by atoms with van der Waals surface area (Å²) in [4.78, 5) is 18.3. The number of ether oxygens (including phenoxy) is 1. The van der Waals surface area contributed by atoms with Gasteiger partial charge in [-0.05, 0) is 134 Å². The van der Waals surface area contributed by atoms with Crippen molar-refractivity contribution < 1.29 is 65.7 Å². The van der Waals surface area contributed by atoms with Gasteiger partial charge in [-0.25, -0.2) is 0 Å². The van der Waals surface area contributed by atoms with Crippen LogP contribution < -0.4 is 11.5 Å². The summed E-state index contributed by atoms with van der Waals surface area (Å²) in [5.41, 5.74) is 12.4. The van der Waals surface area contributed by atoms with E-state index in [-0.39, 0.29) is 43.5 Å². The van der Waals surface area contributed by atoms with E-state index >= 15 is 0 Å². The minimum Gasteiger partial charge on any atom is -0.461 e. The molecule has 0 spiro atoms.